The summed E-state index contributed by atoms with van der Waals surface area (Å²) in [5.41, 5.74) is 3.82. The van der Waals surface area contributed by atoms with Crippen molar-refractivity contribution >= 4 is 28.7 Å². The van der Waals surface area contributed by atoms with Crippen molar-refractivity contribution in [1.82, 2.24) is 9.97 Å². The fourth-order valence-electron chi connectivity index (χ4n) is 3.36. The van der Waals surface area contributed by atoms with Gasteiger partial charge in [0.05, 0.1) is 24.0 Å². The van der Waals surface area contributed by atoms with Gasteiger partial charge in [-0.3, -0.25) is 4.79 Å². The molecule has 1 amide bonds. The first kappa shape index (κ1) is 18.6. The average molecular weight is 393 g/mol. The summed E-state index contributed by atoms with van der Waals surface area (Å²) in [7, 11) is 0. The Morgan fingerprint density at radius 3 is 2.61 bits per heavy atom. The predicted octanol–water partition coefficient (Wildman–Crippen LogP) is 4.69. The second kappa shape index (κ2) is 8.52. The first-order chi connectivity index (χ1) is 13.7. The van der Waals surface area contributed by atoms with Crippen LogP contribution in [0.3, 0.4) is 0 Å². The normalized spacial score (nSPS) is 14.1. The van der Waals surface area contributed by atoms with E-state index in [1.807, 2.05) is 17.5 Å². The summed E-state index contributed by atoms with van der Waals surface area (Å²) in [5, 5.41) is 5.81. The zero-order valence-electron chi connectivity index (χ0n) is 16.0. The van der Waals surface area contributed by atoms with Crippen LogP contribution in [0, 0.1) is 6.92 Å². The Balaban J connectivity index is 1.35. The van der Waals surface area contributed by atoms with E-state index in [9.17, 15) is 4.79 Å². The van der Waals surface area contributed by atoms with Crippen LogP contribution in [-0.2, 0) is 11.2 Å². The summed E-state index contributed by atoms with van der Waals surface area (Å²) < 4.78 is 0. The highest BCUT2D eigenvalue weighted by Crippen LogP contribution is 2.24. The van der Waals surface area contributed by atoms with Gasteiger partial charge in [-0.2, -0.15) is 0 Å². The van der Waals surface area contributed by atoms with E-state index in [4.69, 9.17) is 0 Å². The number of nitrogens with zero attached hydrogens (tertiary/aromatic N) is 3. The molecular formula is C22H24N4OS. The lowest BCUT2D eigenvalue weighted by Crippen LogP contribution is -2.30. The minimum absolute atomic E-state index is 0.0757. The van der Waals surface area contributed by atoms with Crippen LogP contribution in [0.15, 0.2) is 48.0 Å². The third-order valence-electron chi connectivity index (χ3n) is 4.90. The Labute approximate surface area is 169 Å². The highest BCUT2D eigenvalue weighted by molar-refractivity contribution is 7.13. The van der Waals surface area contributed by atoms with E-state index in [2.05, 4.69) is 51.4 Å². The molecule has 144 valence electrons. The Morgan fingerprint density at radius 2 is 1.89 bits per heavy atom. The molecule has 0 saturated carbocycles. The van der Waals surface area contributed by atoms with Crippen LogP contribution in [-0.4, -0.2) is 29.0 Å². The SMILES string of the molecule is Cc1ccc(-c2nc(CC(=O)Nc3ccc(N4CCCCC4)nc3)cs2)cc1. The van der Waals surface area contributed by atoms with Crippen molar-refractivity contribution in [2.75, 3.05) is 23.3 Å². The maximum atomic E-state index is 12.4. The lowest BCUT2D eigenvalue weighted by Gasteiger charge is -2.27. The second-order valence-electron chi connectivity index (χ2n) is 7.19. The first-order valence-electron chi connectivity index (χ1n) is 9.70. The van der Waals surface area contributed by atoms with Crippen LogP contribution in [0.5, 0.6) is 0 Å². The molecule has 1 fully saturated rings. The number of nitrogens with one attached hydrogen (secondary N) is 1. The summed E-state index contributed by atoms with van der Waals surface area (Å²) in [4.78, 5) is 23.8. The fraction of sp³-hybridized carbons (Fsp3) is 0.318. The number of thiazole rings is 1. The number of hydrogen-bond acceptors (Lipinski definition) is 5. The van der Waals surface area contributed by atoms with Gasteiger partial charge < -0.3 is 10.2 Å². The van der Waals surface area contributed by atoms with Gasteiger partial charge in [0.1, 0.15) is 10.8 Å². The van der Waals surface area contributed by atoms with Gasteiger partial charge in [0.25, 0.3) is 0 Å². The lowest BCUT2D eigenvalue weighted by molar-refractivity contribution is -0.115. The Morgan fingerprint density at radius 1 is 1.11 bits per heavy atom. The van der Waals surface area contributed by atoms with Crippen LogP contribution in [0.2, 0.25) is 0 Å². The van der Waals surface area contributed by atoms with Gasteiger partial charge >= 0.3 is 0 Å². The smallest absolute Gasteiger partial charge is 0.230 e. The maximum Gasteiger partial charge on any atom is 0.230 e. The number of pyridine rings is 1. The van der Waals surface area contributed by atoms with Gasteiger partial charge in [-0.25, -0.2) is 9.97 Å². The van der Waals surface area contributed by atoms with Crippen molar-refractivity contribution in [3.63, 3.8) is 0 Å². The molecule has 1 saturated heterocycles. The Bertz CT molecular complexity index is 928. The second-order valence-corrected chi connectivity index (χ2v) is 8.05. The molecule has 1 aromatic carbocycles. The molecular weight excluding hydrogens is 368 g/mol. The van der Waals surface area contributed by atoms with Crippen LogP contribution in [0.1, 0.15) is 30.5 Å². The van der Waals surface area contributed by atoms with E-state index in [-0.39, 0.29) is 12.3 Å². The van der Waals surface area contributed by atoms with Gasteiger partial charge in [0.15, 0.2) is 0 Å². The zero-order valence-corrected chi connectivity index (χ0v) is 16.8. The van der Waals surface area contributed by atoms with Gasteiger partial charge in [-0.15, -0.1) is 11.3 Å². The highest BCUT2D eigenvalue weighted by Gasteiger charge is 2.13. The molecule has 5 nitrogen and oxygen atoms in total. The predicted molar refractivity (Wildman–Crippen MR) is 115 cm³/mol. The van der Waals surface area contributed by atoms with E-state index < -0.39 is 0 Å². The fourth-order valence-corrected chi connectivity index (χ4v) is 4.18. The molecule has 0 atom stereocenters. The number of hydrogen-bond donors (Lipinski definition) is 1. The molecule has 1 aliphatic rings. The number of piperidine rings is 1. The molecule has 1 N–H and O–H groups in total. The number of benzene rings is 1. The van der Waals surface area contributed by atoms with E-state index in [1.54, 1.807) is 17.5 Å². The van der Waals surface area contributed by atoms with Crippen molar-refractivity contribution in [2.24, 2.45) is 0 Å². The number of carbonyl (C=O) groups is 1. The molecule has 0 unspecified atom stereocenters. The number of amides is 1. The monoisotopic (exact) mass is 392 g/mol. The molecule has 6 heteroatoms. The molecule has 3 heterocycles. The van der Waals surface area contributed by atoms with Gasteiger partial charge in [0.2, 0.25) is 5.91 Å². The van der Waals surface area contributed by atoms with Gasteiger partial charge in [0, 0.05) is 24.0 Å². The van der Waals surface area contributed by atoms with Crippen LogP contribution < -0.4 is 10.2 Å². The number of aromatic nitrogens is 2. The van der Waals surface area contributed by atoms with E-state index >= 15 is 0 Å². The molecule has 4 rings (SSSR count). The standard InChI is InChI=1S/C22H24N4OS/c1-16-5-7-17(8-6-16)22-25-19(15-28-22)13-21(27)24-18-9-10-20(23-14-18)26-11-3-2-4-12-26/h5-10,14-15H,2-4,11-13H2,1H3,(H,24,27). The van der Waals surface area contributed by atoms with Crippen molar-refractivity contribution < 1.29 is 4.79 Å². The molecule has 28 heavy (non-hydrogen) atoms. The molecule has 0 spiro atoms. The van der Waals surface area contributed by atoms with Crippen LogP contribution in [0.4, 0.5) is 11.5 Å². The van der Waals surface area contributed by atoms with E-state index in [1.165, 1.54) is 24.8 Å². The van der Waals surface area contributed by atoms with E-state index in [0.717, 1.165) is 40.9 Å². The molecule has 0 bridgehead atoms. The van der Waals surface area contributed by atoms with Gasteiger partial charge in [-0.1, -0.05) is 29.8 Å². The van der Waals surface area contributed by atoms with E-state index in [0.29, 0.717) is 0 Å². The third kappa shape index (κ3) is 4.57. The largest absolute Gasteiger partial charge is 0.357 e. The number of anilines is 2. The Hall–Kier alpha value is -2.73. The highest BCUT2D eigenvalue weighted by atomic mass is 32.1. The third-order valence-corrected chi connectivity index (χ3v) is 5.84. The first-order valence-corrected chi connectivity index (χ1v) is 10.6. The number of aryl methyl sites for hydroxylation is 1. The quantitative estimate of drug-likeness (QED) is 0.685. The molecule has 1 aliphatic heterocycles. The summed E-state index contributed by atoms with van der Waals surface area (Å²) in [6.07, 6.45) is 5.74. The minimum Gasteiger partial charge on any atom is -0.357 e. The summed E-state index contributed by atoms with van der Waals surface area (Å²) in [5.74, 6) is 0.910. The summed E-state index contributed by atoms with van der Waals surface area (Å²) in [6, 6.07) is 12.2. The number of rotatable bonds is 5. The molecule has 3 aromatic rings. The van der Waals surface area contributed by atoms with Crippen molar-refractivity contribution in [3.05, 3.63) is 59.2 Å². The lowest BCUT2D eigenvalue weighted by atomic mass is 10.1. The van der Waals surface area contributed by atoms with Gasteiger partial charge in [-0.05, 0) is 38.3 Å². The minimum atomic E-state index is -0.0757. The van der Waals surface area contributed by atoms with Crippen LogP contribution in [0.25, 0.3) is 10.6 Å². The summed E-state index contributed by atoms with van der Waals surface area (Å²) >= 11 is 1.57. The molecule has 0 aliphatic carbocycles. The van der Waals surface area contributed by atoms with Crippen LogP contribution >= 0.6 is 11.3 Å². The number of carbonyl (C=O) groups excluding carboxylic acids is 1. The van der Waals surface area contributed by atoms with Crippen molar-refractivity contribution in [2.45, 2.75) is 32.6 Å². The molecule has 0 radical (unpaired) electrons. The van der Waals surface area contributed by atoms with Crippen molar-refractivity contribution in [3.8, 4) is 10.6 Å². The Kier molecular flexibility index (Phi) is 5.67. The summed E-state index contributed by atoms with van der Waals surface area (Å²) in [6.45, 7) is 4.19. The topological polar surface area (TPSA) is 58.1 Å². The maximum absolute atomic E-state index is 12.4. The zero-order chi connectivity index (χ0) is 19.3. The van der Waals surface area contributed by atoms with Crippen molar-refractivity contribution in [1.29, 1.82) is 0 Å². The average Bonchev–Trinajstić information content (AvgIpc) is 3.18. The molecule has 2 aromatic heterocycles.